The zero-order valence-electron chi connectivity index (χ0n) is 10.4. The topological polar surface area (TPSA) is 37.8 Å². The maximum absolute atomic E-state index is 4.47. The molecule has 0 aliphatic carbocycles. The third-order valence-corrected chi connectivity index (χ3v) is 2.67. The van der Waals surface area contributed by atoms with E-state index in [2.05, 4.69) is 29.1 Å². The van der Waals surface area contributed by atoms with Crippen molar-refractivity contribution >= 4 is 11.6 Å². The molecule has 17 heavy (non-hydrogen) atoms. The Labute approximate surface area is 102 Å². The molecule has 1 heterocycles. The molecule has 1 N–H and O–H groups in total. The van der Waals surface area contributed by atoms with Crippen LogP contribution in [0.4, 0.5) is 11.6 Å². The summed E-state index contributed by atoms with van der Waals surface area (Å²) in [5.74, 6) is 1.11. The monoisotopic (exact) mass is 227 g/mol. The lowest BCUT2D eigenvalue weighted by Crippen LogP contribution is -2.02. The first-order valence-electron chi connectivity index (χ1n) is 5.82. The van der Waals surface area contributed by atoms with Gasteiger partial charge in [0.2, 0.25) is 5.95 Å². The van der Waals surface area contributed by atoms with Gasteiger partial charge in [-0.1, -0.05) is 32.0 Å². The molecule has 1 aromatic heterocycles. The second-order valence-electron chi connectivity index (χ2n) is 4.38. The number of para-hydroxylation sites is 1. The Balaban J connectivity index is 2.21. The van der Waals surface area contributed by atoms with Gasteiger partial charge < -0.3 is 5.32 Å². The highest BCUT2D eigenvalue weighted by atomic mass is 15.1. The van der Waals surface area contributed by atoms with Crippen molar-refractivity contribution in [2.45, 2.75) is 26.7 Å². The summed E-state index contributed by atoms with van der Waals surface area (Å²) in [4.78, 5) is 8.80. The van der Waals surface area contributed by atoms with Crippen LogP contribution in [0.2, 0.25) is 0 Å². The molecule has 0 saturated heterocycles. The van der Waals surface area contributed by atoms with E-state index in [1.165, 1.54) is 5.56 Å². The van der Waals surface area contributed by atoms with E-state index in [1.54, 1.807) is 0 Å². The molecule has 3 heteroatoms. The number of rotatable bonds is 3. The van der Waals surface area contributed by atoms with Crippen LogP contribution in [-0.4, -0.2) is 9.97 Å². The third-order valence-electron chi connectivity index (χ3n) is 2.67. The van der Waals surface area contributed by atoms with Crippen LogP contribution in [0.15, 0.2) is 36.5 Å². The summed E-state index contributed by atoms with van der Waals surface area (Å²) in [7, 11) is 0. The number of nitrogens with one attached hydrogen (secondary N) is 1. The van der Waals surface area contributed by atoms with Gasteiger partial charge in [0, 0.05) is 17.6 Å². The van der Waals surface area contributed by atoms with Gasteiger partial charge >= 0.3 is 0 Å². The number of nitrogens with zero attached hydrogens (tertiary/aromatic N) is 2. The Morgan fingerprint density at radius 1 is 1.12 bits per heavy atom. The number of hydrogen-bond acceptors (Lipinski definition) is 3. The van der Waals surface area contributed by atoms with Gasteiger partial charge in [0.1, 0.15) is 0 Å². The fraction of sp³-hybridized carbons (Fsp3) is 0.286. The fourth-order valence-corrected chi connectivity index (χ4v) is 1.75. The van der Waals surface area contributed by atoms with E-state index < -0.39 is 0 Å². The van der Waals surface area contributed by atoms with Crippen molar-refractivity contribution in [3.8, 4) is 0 Å². The van der Waals surface area contributed by atoms with Crippen LogP contribution >= 0.6 is 0 Å². The van der Waals surface area contributed by atoms with Crippen molar-refractivity contribution in [1.29, 1.82) is 0 Å². The van der Waals surface area contributed by atoms with Crippen molar-refractivity contribution in [2.24, 2.45) is 0 Å². The van der Waals surface area contributed by atoms with E-state index in [0.29, 0.717) is 11.9 Å². The van der Waals surface area contributed by atoms with E-state index in [9.17, 15) is 0 Å². The van der Waals surface area contributed by atoms with Gasteiger partial charge in [-0.25, -0.2) is 9.97 Å². The molecule has 0 aliphatic heterocycles. The minimum atomic E-state index is 0.459. The average molecular weight is 227 g/mol. The zero-order chi connectivity index (χ0) is 12.3. The van der Waals surface area contributed by atoms with Gasteiger partial charge in [-0.3, -0.25) is 0 Å². The van der Waals surface area contributed by atoms with Crippen molar-refractivity contribution in [1.82, 2.24) is 9.97 Å². The largest absolute Gasteiger partial charge is 0.324 e. The number of aromatic nitrogens is 2. The standard InChI is InChI=1S/C14H17N3/c1-10(2)13-9-15-14(16-11(13)3)17-12-7-5-4-6-8-12/h4-10H,1-3H3,(H,15,16,17). The molecular formula is C14H17N3. The average Bonchev–Trinajstić information content (AvgIpc) is 2.30. The first-order chi connectivity index (χ1) is 8.16. The van der Waals surface area contributed by atoms with Crippen molar-refractivity contribution in [2.75, 3.05) is 5.32 Å². The summed E-state index contributed by atoms with van der Waals surface area (Å²) in [6.07, 6.45) is 1.90. The molecule has 0 saturated carbocycles. The quantitative estimate of drug-likeness (QED) is 0.869. The summed E-state index contributed by atoms with van der Waals surface area (Å²) in [5, 5.41) is 3.19. The molecular weight excluding hydrogens is 210 g/mol. The van der Waals surface area contributed by atoms with E-state index in [4.69, 9.17) is 0 Å². The normalized spacial score (nSPS) is 10.6. The molecule has 0 aliphatic rings. The van der Waals surface area contributed by atoms with Crippen LogP contribution in [-0.2, 0) is 0 Å². The second-order valence-corrected chi connectivity index (χ2v) is 4.38. The Hall–Kier alpha value is -1.90. The van der Waals surface area contributed by atoms with E-state index in [-0.39, 0.29) is 0 Å². The predicted octanol–water partition coefficient (Wildman–Crippen LogP) is 3.65. The summed E-state index contributed by atoms with van der Waals surface area (Å²) in [5.41, 5.74) is 3.24. The molecule has 0 amide bonds. The molecule has 2 aromatic rings. The SMILES string of the molecule is Cc1nc(Nc2ccccc2)ncc1C(C)C. The fourth-order valence-electron chi connectivity index (χ4n) is 1.75. The van der Waals surface area contributed by atoms with Gasteiger partial charge in [-0.15, -0.1) is 0 Å². The highest BCUT2D eigenvalue weighted by Crippen LogP contribution is 2.18. The lowest BCUT2D eigenvalue weighted by molar-refractivity contribution is 0.831. The zero-order valence-corrected chi connectivity index (χ0v) is 10.4. The molecule has 0 unspecified atom stereocenters. The first-order valence-corrected chi connectivity index (χ1v) is 5.82. The van der Waals surface area contributed by atoms with E-state index in [0.717, 1.165) is 11.4 Å². The van der Waals surface area contributed by atoms with Gasteiger partial charge in [0.25, 0.3) is 0 Å². The van der Waals surface area contributed by atoms with Crippen LogP contribution < -0.4 is 5.32 Å². The molecule has 0 bridgehead atoms. The van der Waals surface area contributed by atoms with Crippen LogP contribution in [0.25, 0.3) is 0 Å². The molecule has 0 atom stereocenters. The van der Waals surface area contributed by atoms with Crippen molar-refractivity contribution < 1.29 is 0 Å². The molecule has 0 spiro atoms. The van der Waals surface area contributed by atoms with Gasteiger partial charge in [0.05, 0.1) is 0 Å². The van der Waals surface area contributed by atoms with Gasteiger partial charge in [-0.05, 0) is 30.5 Å². The van der Waals surface area contributed by atoms with Crippen LogP contribution in [0, 0.1) is 6.92 Å². The summed E-state index contributed by atoms with van der Waals surface area (Å²) >= 11 is 0. The third kappa shape index (κ3) is 2.81. The Bertz CT molecular complexity index is 492. The smallest absolute Gasteiger partial charge is 0.227 e. The Kier molecular flexibility index (Phi) is 3.38. The Morgan fingerprint density at radius 3 is 2.41 bits per heavy atom. The van der Waals surface area contributed by atoms with Crippen molar-refractivity contribution in [3.63, 3.8) is 0 Å². The van der Waals surface area contributed by atoms with Gasteiger partial charge in [0.15, 0.2) is 0 Å². The summed E-state index contributed by atoms with van der Waals surface area (Å²) in [6, 6.07) is 9.94. The number of hydrogen-bond donors (Lipinski definition) is 1. The Morgan fingerprint density at radius 2 is 1.82 bits per heavy atom. The maximum atomic E-state index is 4.47. The lowest BCUT2D eigenvalue weighted by Gasteiger charge is -2.10. The van der Waals surface area contributed by atoms with Crippen LogP contribution in [0.1, 0.15) is 31.0 Å². The van der Waals surface area contributed by atoms with Crippen molar-refractivity contribution in [3.05, 3.63) is 47.8 Å². The minimum Gasteiger partial charge on any atom is -0.324 e. The first kappa shape index (κ1) is 11.6. The summed E-state index contributed by atoms with van der Waals surface area (Å²) < 4.78 is 0. The minimum absolute atomic E-state index is 0.459. The second kappa shape index (κ2) is 4.95. The lowest BCUT2D eigenvalue weighted by atomic mass is 10.0. The molecule has 0 radical (unpaired) electrons. The number of aryl methyl sites for hydroxylation is 1. The molecule has 2 rings (SSSR count). The number of benzene rings is 1. The van der Waals surface area contributed by atoms with E-state index >= 15 is 0 Å². The van der Waals surface area contributed by atoms with Gasteiger partial charge in [-0.2, -0.15) is 0 Å². The molecule has 88 valence electrons. The number of anilines is 2. The van der Waals surface area contributed by atoms with E-state index in [1.807, 2.05) is 43.5 Å². The molecule has 0 fully saturated rings. The highest BCUT2D eigenvalue weighted by molar-refractivity contribution is 5.52. The predicted molar refractivity (Wildman–Crippen MR) is 70.6 cm³/mol. The summed E-state index contributed by atoms with van der Waals surface area (Å²) in [6.45, 7) is 6.32. The van der Waals surface area contributed by atoms with Crippen LogP contribution in [0.3, 0.4) is 0 Å². The molecule has 1 aromatic carbocycles. The highest BCUT2D eigenvalue weighted by Gasteiger charge is 2.06. The molecule has 3 nitrogen and oxygen atoms in total. The maximum Gasteiger partial charge on any atom is 0.227 e. The van der Waals surface area contributed by atoms with Crippen LogP contribution in [0.5, 0.6) is 0 Å².